The van der Waals surface area contributed by atoms with E-state index < -0.39 is 10.0 Å². The number of hydrogen-bond acceptors (Lipinski definition) is 2. The average molecular weight is 330 g/mol. The zero-order chi connectivity index (χ0) is 15.1. The summed E-state index contributed by atoms with van der Waals surface area (Å²) in [5.41, 5.74) is 1.35. The summed E-state index contributed by atoms with van der Waals surface area (Å²) in [5.74, 6) is 1.37. The number of hydrogen-bond donors (Lipinski definition) is 0. The highest BCUT2D eigenvalue weighted by Gasteiger charge is 2.27. The molecule has 1 aromatic rings. The molecule has 3 nitrogen and oxygen atoms in total. The molecule has 1 aromatic carbocycles. The van der Waals surface area contributed by atoms with Crippen molar-refractivity contribution in [1.82, 2.24) is 4.31 Å². The monoisotopic (exact) mass is 329 g/mol. The number of sulfonamides is 1. The second kappa shape index (κ2) is 8.16. The molecule has 5 heteroatoms. The number of unbranched alkanes of at least 4 members (excludes halogenated alkanes) is 1. The number of alkyl halides is 1. The van der Waals surface area contributed by atoms with Crippen molar-refractivity contribution in [3.05, 3.63) is 35.9 Å². The molecule has 0 aromatic heterocycles. The molecule has 0 unspecified atom stereocenters. The molecule has 1 fully saturated rings. The van der Waals surface area contributed by atoms with Crippen LogP contribution in [0.2, 0.25) is 0 Å². The smallest absolute Gasteiger partial charge is 0.212 e. The van der Waals surface area contributed by atoms with Crippen LogP contribution in [-0.2, 0) is 16.4 Å². The zero-order valence-corrected chi connectivity index (χ0v) is 14.0. The van der Waals surface area contributed by atoms with E-state index in [9.17, 15) is 8.42 Å². The van der Waals surface area contributed by atoms with E-state index in [1.54, 1.807) is 4.31 Å². The summed E-state index contributed by atoms with van der Waals surface area (Å²) in [6.45, 7) is 1.33. The van der Waals surface area contributed by atoms with Crippen molar-refractivity contribution < 1.29 is 8.42 Å². The van der Waals surface area contributed by atoms with Gasteiger partial charge in [-0.15, -0.1) is 11.6 Å². The van der Waals surface area contributed by atoms with Crippen LogP contribution in [0.15, 0.2) is 30.3 Å². The van der Waals surface area contributed by atoms with E-state index in [4.69, 9.17) is 11.6 Å². The van der Waals surface area contributed by atoms with E-state index in [0.717, 1.165) is 25.7 Å². The largest absolute Gasteiger partial charge is 0.214 e. The highest BCUT2D eigenvalue weighted by atomic mass is 35.5. The van der Waals surface area contributed by atoms with Gasteiger partial charge in [0, 0.05) is 19.0 Å². The molecule has 0 atom stereocenters. The second-order valence-electron chi connectivity index (χ2n) is 5.74. The molecule has 1 heterocycles. The van der Waals surface area contributed by atoms with Crippen LogP contribution in [0.4, 0.5) is 0 Å². The highest BCUT2D eigenvalue weighted by molar-refractivity contribution is 7.89. The van der Waals surface area contributed by atoms with Crippen molar-refractivity contribution in [2.45, 2.75) is 32.1 Å². The first-order chi connectivity index (χ1) is 10.1. The van der Waals surface area contributed by atoms with Gasteiger partial charge in [-0.05, 0) is 43.6 Å². The summed E-state index contributed by atoms with van der Waals surface area (Å²) >= 11 is 5.60. The van der Waals surface area contributed by atoms with Gasteiger partial charge < -0.3 is 0 Å². The van der Waals surface area contributed by atoms with E-state index in [-0.39, 0.29) is 5.75 Å². The fourth-order valence-corrected chi connectivity index (χ4v) is 4.63. The van der Waals surface area contributed by atoms with Gasteiger partial charge in [-0.2, -0.15) is 0 Å². The molecule has 2 rings (SSSR count). The first kappa shape index (κ1) is 16.8. The van der Waals surface area contributed by atoms with Gasteiger partial charge in [-0.3, -0.25) is 0 Å². The molecule has 21 heavy (non-hydrogen) atoms. The Balaban J connectivity index is 1.80. The lowest BCUT2D eigenvalue weighted by Crippen LogP contribution is -2.40. The van der Waals surface area contributed by atoms with Crippen molar-refractivity contribution in [2.24, 2.45) is 5.92 Å². The van der Waals surface area contributed by atoms with Crippen LogP contribution in [-0.4, -0.2) is 37.4 Å². The fraction of sp³-hybridized carbons (Fsp3) is 0.625. The topological polar surface area (TPSA) is 37.4 Å². The highest BCUT2D eigenvalue weighted by Crippen LogP contribution is 2.23. The number of rotatable bonds is 7. The lowest BCUT2D eigenvalue weighted by atomic mass is 9.91. The molecule has 0 spiro atoms. The summed E-state index contributed by atoms with van der Waals surface area (Å²) < 4.78 is 26.1. The first-order valence-corrected chi connectivity index (χ1v) is 9.84. The van der Waals surface area contributed by atoms with E-state index in [1.165, 1.54) is 5.56 Å². The van der Waals surface area contributed by atoms with Crippen molar-refractivity contribution in [1.29, 1.82) is 0 Å². The normalized spacial score (nSPS) is 18.0. The maximum Gasteiger partial charge on any atom is 0.214 e. The molecule has 0 N–H and O–H groups in total. The molecule has 118 valence electrons. The Kier molecular flexibility index (Phi) is 6.52. The fourth-order valence-electron chi connectivity index (χ4n) is 2.85. The van der Waals surface area contributed by atoms with Gasteiger partial charge in [0.05, 0.1) is 5.75 Å². The maximum absolute atomic E-state index is 12.2. The van der Waals surface area contributed by atoms with Crippen LogP contribution in [0.5, 0.6) is 0 Å². The Morgan fingerprint density at radius 2 is 1.76 bits per heavy atom. The SMILES string of the molecule is O=S(=O)(CCCCCl)N1CCC(Cc2ccccc2)CC1. The summed E-state index contributed by atoms with van der Waals surface area (Å²) in [6, 6.07) is 10.4. The standard InChI is InChI=1S/C16H24ClNO2S/c17-10-4-5-13-21(19,20)18-11-8-16(9-12-18)14-15-6-2-1-3-7-15/h1-3,6-7,16H,4-5,8-14H2. The van der Waals surface area contributed by atoms with Crippen LogP contribution in [0.1, 0.15) is 31.2 Å². The minimum absolute atomic E-state index is 0.239. The molecular formula is C16H24ClNO2S. The van der Waals surface area contributed by atoms with Gasteiger partial charge in [0.25, 0.3) is 0 Å². The zero-order valence-electron chi connectivity index (χ0n) is 12.4. The summed E-state index contributed by atoms with van der Waals surface area (Å²) in [7, 11) is -3.08. The third-order valence-electron chi connectivity index (χ3n) is 4.12. The minimum Gasteiger partial charge on any atom is -0.212 e. The predicted molar refractivity (Wildman–Crippen MR) is 88.2 cm³/mol. The van der Waals surface area contributed by atoms with E-state index in [2.05, 4.69) is 24.3 Å². The van der Waals surface area contributed by atoms with Gasteiger partial charge in [0.1, 0.15) is 0 Å². The Labute approximate surface area is 133 Å². The molecular weight excluding hydrogens is 306 g/mol. The third-order valence-corrected chi connectivity index (χ3v) is 6.34. The molecule has 1 aliphatic heterocycles. The number of halogens is 1. The van der Waals surface area contributed by atoms with Crippen LogP contribution in [0, 0.1) is 5.92 Å². The molecule has 0 bridgehead atoms. The van der Waals surface area contributed by atoms with Crippen LogP contribution >= 0.6 is 11.6 Å². The number of nitrogens with zero attached hydrogens (tertiary/aromatic N) is 1. The van der Waals surface area contributed by atoms with Crippen LogP contribution < -0.4 is 0 Å². The van der Waals surface area contributed by atoms with Crippen molar-refractivity contribution in [2.75, 3.05) is 24.7 Å². The van der Waals surface area contributed by atoms with Crippen LogP contribution in [0.3, 0.4) is 0 Å². The molecule has 1 saturated heterocycles. The summed E-state index contributed by atoms with van der Waals surface area (Å²) in [6.07, 6.45) is 4.41. The van der Waals surface area contributed by atoms with Gasteiger partial charge in [-0.1, -0.05) is 30.3 Å². The van der Waals surface area contributed by atoms with Crippen LogP contribution in [0.25, 0.3) is 0 Å². The van der Waals surface area contributed by atoms with E-state index in [1.807, 2.05) is 6.07 Å². The Morgan fingerprint density at radius 1 is 1.10 bits per heavy atom. The molecule has 0 saturated carbocycles. The Bertz CT molecular complexity index is 510. The Hall–Kier alpha value is -0.580. The van der Waals surface area contributed by atoms with Crippen molar-refractivity contribution in [3.63, 3.8) is 0 Å². The van der Waals surface area contributed by atoms with Gasteiger partial charge in [0.15, 0.2) is 0 Å². The lowest BCUT2D eigenvalue weighted by Gasteiger charge is -2.31. The summed E-state index contributed by atoms with van der Waals surface area (Å²) in [5, 5.41) is 0. The second-order valence-corrected chi connectivity index (χ2v) is 8.21. The summed E-state index contributed by atoms with van der Waals surface area (Å²) in [4.78, 5) is 0. The number of piperidine rings is 1. The van der Waals surface area contributed by atoms with Gasteiger partial charge >= 0.3 is 0 Å². The van der Waals surface area contributed by atoms with E-state index in [0.29, 0.717) is 31.3 Å². The van der Waals surface area contributed by atoms with E-state index >= 15 is 0 Å². The molecule has 1 aliphatic rings. The average Bonchev–Trinajstić information content (AvgIpc) is 2.49. The van der Waals surface area contributed by atoms with Crippen molar-refractivity contribution in [3.8, 4) is 0 Å². The minimum atomic E-state index is -3.08. The third kappa shape index (κ3) is 5.28. The van der Waals surface area contributed by atoms with Gasteiger partial charge in [-0.25, -0.2) is 12.7 Å². The van der Waals surface area contributed by atoms with Gasteiger partial charge in [0.2, 0.25) is 10.0 Å². The quantitative estimate of drug-likeness (QED) is 0.568. The maximum atomic E-state index is 12.2. The molecule has 0 amide bonds. The first-order valence-electron chi connectivity index (χ1n) is 7.69. The lowest BCUT2D eigenvalue weighted by molar-refractivity contribution is 0.272. The van der Waals surface area contributed by atoms with Crippen molar-refractivity contribution >= 4 is 21.6 Å². The number of benzene rings is 1. The Morgan fingerprint density at radius 3 is 2.38 bits per heavy atom. The predicted octanol–water partition coefficient (Wildman–Crippen LogP) is 3.29. The molecule has 0 radical (unpaired) electrons. The molecule has 0 aliphatic carbocycles.